The zero-order valence-electron chi connectivity index (χ0n) is 6.55. The zero-order chi connectivity index (χ0) is 8.55. The molecule has 1 aliphatic carbocycles. The molecule has 2 nitrogen and oxygen atoms in total. The van der Waals surface area contributed by atoms with E-state index in [4.69, 9.17) is 16.8 Å². The first kappa shape index (κ1) is 8.05. The van der Waals surface area contributed by atoms with Gasteiger partial charge in [0.2, 0.25) is 0 Å². The second kappa shape index (κ2) is 3.05. The summed E-state index contributed by atoms with van der Waals surface area (Å²) < 4.78 is 0. The highest BCUT2D eigenvalue weighted by atomic mass is 35.5. The quantitative estimate of drug-likeness (QED) is 0.651. The van der Waals surface area contributed by atoms with Gasteiger partial charge in [-0.3, -0.25) is 0 Å². The fraction of sp³-hybridized carbons (Fsp3) is 0.333. The van der Waals surface area contributed by atoms with Crippen molar-refractivity contribution in [2.24, 2.45) is 0 Å². The van der Waals surface area contributed by atoms with E-state index >= 15 is 0 Å². The molecule has 0 bridgehead atoms. The van der Waals surface area contributed by atoms with Crippen LogP contribution in [0.1, 0.15) is 11.1 Å². The second-order valence-electron chi connectivity index (χ2n) is 3.15. The monoisotopic (exact) mass is 183 g/mol. The van der Waals surface area contributed by atoms with Gasteiger partial charge in [-0.05, 0) is 36.1 Å². The van der Waals surface area contributed by atoms with E-state index in [-0.39, 0.29) is 6.04 Å². The van der Waals surface area contributed by atoms with Gasteiger partial charge in [0, 0.05) is 11.1 Å². The topological polar surface area (TPSA) is 32.3 Å². The molecule has 2 rings (SSSR count). The molecule has 1 atom stereocenters. The summed E-state index contributed by atoms with van der Waals surface area (Å²) in [5, 5.41) is 9.50. The lowest BCUT2D eigenvalue weighted by atomic mass is 10.1. The summed E-state index contributed by atoms with van der Waals surface area (Å²) in [6.45, 7) is 0. The largest absolute Gasteiger partial charge is 0.317 e. The highest BCUT2D eigenvalue weighted by Gasteiger charge is 2.20. The van der Waals surface area contributed by atoms with Gasteiger partial charge in [0.25, 0.3) is 0 Å². The average molecular weight is 184 g/mol. The van der Waals surface area contributed by atoms with Gasteiger partial charge in [-0.15, -0.1) is 0 Å². The van der Waals surface area contributed by atoms with E-state index in [2.05, 4.69) is 5.48 Å². The van der Waals surface area contributed by atoms with Crippen LogP contribution in [0.3, 0.4) is 0 Å². The Hall–Kier alpha value is -0.570. The molecule has 1 aromatic rings. The van der Waals surface area contributed by atoms with Crippen LogP contribution in [0.15, 0.2) is 18.2 Å². The minimum Gasteiger partial charge on any atom is -0.317 e. The SMILES string of the molecule is ONC1Cc2ccc(Cl)cc2C1. The van der Waals surface area contributed by atoms with Gasteiger partial charge in [-0.25, -0.2) is 5.48 Å². The number of benzene rings is 1. The van der Waals surface area contributed by atoms with Gasteiger partial charge < -0.3 is 5.21 Å². The Morgan fingerprint density at radius 3 is 2.83 bits per heavy atom. The van der Waals surface area contributed by atoms with Gasteiger partial charge in [-0.2, -0.15) is 0 Å². The third-order valence-electron chi connectivity index (χ3n) is 2.28. The maximum atomic E-state index is 8.72. The summed E-state index contributed by atoms with van der Waals surface area (Å²) in [5.41, 5.74) is 4.81. The van der Waals surface area contributed by atoms with Crippen molar-refractivity contribution in [1.29, 1.82) is 0 Å². The van der Waals surface area contributed by atoms with Crippen LogP contribution in [0.2, 0.25) is 5.02 Å². The van der Waals surface area contributed by atoms with Gasteiger partial charge in [0.1, 0.15) is 0 Å². The van der Waals surface area contributed by atoms with E-state index in [0.717, 1.165) is 17.9 Å². The maximum absolute atomic E-state index is 8.72. The lowest BCUT2D eigenvalue weighted by molar-refractivity contribution is 0.129. The Balaban J connectivity index is 2.30. The predicted molar refractivity (Wildman–Crippen MR) is 47.6 cm³/mol. The molecule has 1 unspecified atom stereocenters. The van der Waals surface area contributed by atoms with Crippen molar-refractivity contribution in [3.05, 3.63) is 34.3 Å². The van der Waals surface area contributed by atoms with Crippen LogP contribution in [0, 0.1) is 0 Å². The molecular formula is C9H10ClNO. The molecule has 12 heavy (non-hydrogen) atoms. The Labute approximate surface area is 76.1 Å². The molecule has 0 radical (unpaired) electrons. The first-order chi connectivity index (χ1) is 5.79. The molecule has 1 aromatic carbocycles. The summed E-state index contributed by atoms with van der Waals surface area (Å²) in [4.78, 5) is 0. The number of halogens is 1. The highest BCUT2D eigenvalue weighted by Crippen LogP contribution is 2.24. The Bertz CT molecular complexity index is 301. The third-order valence-corrected chi connectivity index (χ3v) is 2.52. The molecule has 0 saturated carbocycles. The van der Waals surface area contributed by atoms with Crippen molar-refractivity contribution in [2.75, 3.05) is 0 Å². The molecule has 0 amide bonds. The maximum Gasteiger partial charge on any atom is 0.0408 e. The lowest BCUT2D eigenvalue weighted by Crippen LogP contribution is -2.25. The lowest BCUT2D eigenvalue weighted by Gasteiger charge is -2.02. The van der Waals surface area contributed by atoms with E-state index in [9.17, 15) is 0 Å². The molecule has 64 valence electrons. The summed E-state index contributed by atoms with van der Waals surface area (Å²) >= 11 is 5.83. The van der Waals surface area contributed by atoms with Gasteiger partial charge >= 0.3 is 0 Å². The predicted octanol–water partition coefficient (Wildman–Crippen LogP) is 1.79. The fourth-order valence-corrected chi connectivity index (χ4v) is 1.87. The summed E-state index contributed by atoms with van der Waals surface area (Å²) in [7, 11) is 0. The van der Waals surface area contributed by atoms with Crippen LogP contribution >= 0.6 is 11.6 Å². The average Bonchev–Trinajstić information content (AvgIpc) is 2.46. The minimum absolute atomic E-state index is 0.165. The number of hydrogen-bond donors (Lipinski definition) is 2. The van der Waals surface area contributed by atoms with Crippen molar-refractivity contribution in [2.45, 2.75) is 18.9 Å². The number of rotatable bonds is 1. The van der Waals surface area contributed by atoms with Gasteiger partial charge in [0.15, 0.2) is 0 Å². The summed E-state index contributed by atoms with van der Waals surface area (Å²) in [5.74, 6) is 0. The molecule has 0 aliphatic heterocycles. The third kappa shape index (κ3) is 1.33. The van der Waals surface area contributed by atoms with Crippen LogP contribution in [-0.4, -0.2) is 11.2 Å². The van der Waals surface area contributed by atoms with E-state index in [0.29, 0.717) is 0 Å². The molecule has 3 heteroatoms. The molecule has 0 saturated heterocycles. The Morgan fingerprint density at radius 1 is 1.33 bits per heavy atom. The number of hydroxylamine groups is 1. The zero-order valence-corrected chi connectivity index (χ0v) is 7.30. The molecule has 0 spiro atoms. The molecule has 0 heterocycles. The van der Waals surface area contributed by atoms with E-state index in [1.54, 1.807) is 0 Å². The minimum atomic E-state index is 0.165. The normalized spacial score (nSPS) is 21.0. The van der Waals surface area contributed by atoms with Crippen molar-refractivity contribution >= 4 is 11.6 Å². The fourth-order valence-electron chi connectivity index (χ4n) is 1.68. The first-order valence-electron chi connectivity index (χ1n) is 3.96. The van der Waals surface area contributed by atoms with Crippen LogP contribution in [0.5, 0.6) is 0 Å². The van der Waals surface area contributed by atoms with Gasteiger partial charge in [-0.1, -0.05) is 17.7 Å². The van der Waals surface area contributed by atoms with Crippen LogP contribution < -0.4 is 5.48 Å². The number of hydrogen-bond acceptors (Lipinski definition) is 2. The highest BCUT2D eigenvalue weighted by molar-refractivity contribution is 6.30. The van der Waals surface area contributed by atoms with Crippen LogP contribution in [0.4, 0.5) is 0 Å². The van der Waals surface area contributed by atoms with Crippen LogP contribution in [0.25, 0.3) is 0 Å². The Kier molecular flexibility index (Phi) is 2.05. The Morgan fingerprint density at radius 2 is 2.08 bits per heavy atom. The molecule has 1 aliphatic rings. The first-order valence-corrected chi connectivity index (χ1v) is 4.34. The van der Waals surface area contributed by atoms with Crippen molar-refractivity contribution in [1.82, 2.24) is 5.48 Å². The number of fused-ring (bicyclic) bond motifs is 1. The van der Waals surface area contributed by atoms with Crippen LogP contribution in [-0.2, 0) is 12.8 Å². The van der Waals surface area contributed by atoms with Crippen molar-refractivity contribution < 1.29 is 5.21 Å². The van der Waals surface area contributed by atoms with Crippen molar-refractivity contribution in [3.63, 3.8) is 0 Å². The van der Waals surface area contributed by atoms with E-state index < -0.39 is 0 Å². The van der Waals surface area contributed by atoms with Gasteiger partial charge in [0.05, 0.1) is 0 Å². The summed E-state index contributed by atoms with van der Waals surface area (Å²) in [6, 6.07) is 6.04. The molecule has 0 aromatic heterocycles. The standard InChI is InChI=1S/C9H10ClNO/c10-8-2-1-6-4-9(11-12)5-7(6)3-8/h1-3,9,11-12H,4-5H2. The second-order valence-corrected chi connectivity index (χ2v) is 3.58. The van der Waals surface area contributed by atoms with Crippen molar-refractivity contribution in [3.8, 4) is 0 Å². The number of nitrogens with one attached hydrogen (secondary N) is 1. The smallest absolute Gasteiger partial charge is 0.0408 e. The molecule has 2 N–H and O–H groups in total. The molecule has 0 fully saturated rings. The van der Waals surface area contributed by atoms with E-state index in [1.165, 1.54) is 11.1 Å². The summed E-state index contributed by atoms with van der Waals surface area (Å²) in [6.07, 6.45) is 1.76. The molecular weight excluding hydrogens is 174 g/mol. The van der Waals surface area contributed by atoms with E-state index in [1.807, 2.05) is 18.2 Å².